The van der Waals surface area contributed by atoms with E-state index < -0.39 is 10.0 Å². The molecule has 2 rings (SSSR count). The van der Waals surface area contributed by atoms with Crippen molar-refractivity contribution in [3.8, 4) is 0 Å². The van der Waals surface area contributed by atoms with E-state index in [1.165, 1.54) is 16.7 Å². The average Bonchev–Trinajstić information content (AvgIpc) is 2.51. The van der Waals surface area contributed by atoms with Crippen molar-refractivity contribution in [1.82, 2.24) is 9.88 Å². The molecule has 2 aromatic rings. The minimum absolute atomic E-state index is 0.0368. The molecule has 0 bridgehead atoms. The lowest BCUT2D eigenvalue weighted by Crippen LogP contribution is -2.33. The monoisotopic (exact) mass is 349 g/mol. The number of aryl methyl sites for hydroxylation is 1. The van der Waals surface area contributed by atoms with Crippen molar-refractivity contribution >= 4 is 15.9 Å². The maximum atomic E-state index is 11.9. The van der Waals surface area contributed by atoms with Crippen molar-refractivity contribution in [3.05, 3.63) is 64.1 Å². The highest BCUT2D eigenvalue weighted by Gasteiger charge is 2.07. The van der Waals surface area contributed by atoms with E-state index in [1.807, 2.05) is 0 Å². The quantitative estimate of drug-likeness (QED) is 0.774. The van der Waals surface area contributed by atoms with Gasteiger partial charge in [-0.1, -0.05) is 18.2 Å². The molecule has 0 atom stereocenters. The lowest BCUT2D eigenvalue weighted by atomic mass is 10.1. The number of nitrogens with zero attached hydrogens (tertiary/aromatic N) is 1. The second kappa shape index (κ2) is 7.41. The van der Waals surface area contributed by atoms with Crippen LogP contribution in [0.4, 0.5) is 0 Å². The third-order valence-corrected chi connectivity index (χ3v) is 4.44. The van der Waals surface area contributed by atoms with Gasteiger partial charge in [0.05, 0.1) is 4.90 Å². The molecule has 0 unspecified atom stereocenters. The van der Waals surface area contributed by atoms with E-state index >= 15 is 0 Å². The van der Waals surface area contributed by atoms with E-state index in [2.05, 4.69) is 5.32 Å². The highest BCUT2D eigenvalue weighted by Crippen LogP contribution is 2.08. The van der Waals surface area contributed by atoms with Crippen LogP contribution in [-0.4, -0.2) is 25.4 Å². The molecule has 0 fully saturated rings. The van der Waals surface area contributed by atoms with Gasteiger partial charge in [0.15, 0.2) is 0 Å². The Labute approximate surface area is 140 Å². The van der Waals surface area contributed by atoms with Gasteiger partial charge in [-0.25, -0.2) is 13.6 Å². The van der Waals surface area contributed by atoms with Crippen LogP contribution in [0.3, 0.4) is 0 Å². The lowest BCUT2D eigenvalue weighted by Gasteiger charge is -2.08. The van der Waals surface area contributed by atoms with E-state index in [1.54, 1.807) is 37.4 Å². The maximum absolute atomic E-state index is 11.9. The molecule has 1 amide bonds. The molecule has 0 aliphatic carbocycles. The number of rotatable bonds is 6. The second-order valence-electron chi connectivity index (χ2n) is 5.41. The maximum Gasteiger partial charge on any atom is 0.253 e. The van der Waals surface area contributed by atoms with Crippen molar-refractivity contribution < 1.29 is 13.2 Å². The van der Waals surface area contributed by atoms with Gasteiger partial charge < -0.3 is 9.88 Å². The van der Waals surface area contributed by atoms with Crippen LogP contribution < -0.4 is 16.0 Å². The summed E-state index contributed by atoms with van der Waals surface area (Å²) in [5, 5.41) is 7.76. The summed E-state index contributed by atoms with van der Waals surface area (Å²) in [6.07, 6.45) is 2.11. The number of benzene rings is 1. The fourth-order valence-electron chi connectivity index (χ4n) is 2.18. The predicted octanol–water partition coefficient (Wildman–Crippen LogP) is 0.163. The number of aromatic nitrogens is 1. The van der Waals surface area contributed by atoms with Gasteiger partial charge in [-0.2, -0.15) is 0 Å². The number of hydrogen-bond acceptors (Lipinski definition) is 4. The molecule has 8 heteroatoms. The Bertz CT molecular complexity index is 886. The zero-order chi connectivity index (χ0) is 17.7. The normalized spacial score (nSPS) is 11.2. The first kappa shape index (κ1) is 17.9. The summed E-state index contributed by atoms with van der Waals surface area (Å²) in [5.74, 6) is -0.260. The Kier molecular flexibility index (Phi) is 5.53. The molecule has 7 nitrogen and oxygen atoms in total. The summed E-state index contributed by atoms with van der Waals surface area (Å²) < 4.78 is 23.7. The Morgan fingerprint density at radius 3 is 2.50 bits per heavy atom. The van der Waals surface area contributed by atoms with E-state index in [0.29, 0.717) is 18.5 Å². The van der Waals surface area contributed by atoms with Crippen LogP contribution in [0.2, 0.25) is 0 Å². The molecular weight excluding hydrogens is 330 g/mol. The second-order valence-corrected chi connectivity index (χ2v) is 6.97. The number of sulfonamides is 1. The van der Waals surface area contributed by atoms with Gasteiger partial charge in [0, 0.05) is 18.3 Å². The predicted molar refractivity (Wildman–Crippen MR) is 90.0 cm³/mol. The number of carbonyl (C=O) groups is 1. The average molecular weight is 349 g/mol. The molecule has 128 valence electrons. The van der Waals surface area contributed by atoms with Crippen LogP contribution >= 0.6 is 0 Å². The van der Waals surface area contributed by atoms with Crippen LogP contribution in [-0.2, 0) is 27.8 Å². The van der Waals surface area contributed by atoms with Crippen LogP contribution in [0.1, 0.15) is 11.1 Å². The number of pyridine rings is 1. The molecule has 3 N–H and O–H groups in total. The van der Waals surface area contributed by atoms with Crippen molar-refractivity contribution in [3.63, 3.8) is 0 Å². The van der Waals surface area contributed by atoms with Crippen LogP contribution in [0.15, 0.2) is 52.3 Å². The first-order valence-electron chi connectivity index (χ1n) is 7.32. The SMILES string of the molecule is Cc1cccn(CC(=O)NCCc2ccc(S(N)(=O)=O)cc2)c1=O. The largest absolute Gasteiger partial charge is 0.354 e. The van der Waals surface area contributed by atoms with Crippen LogP contribution in [0, 0.1) is 6.92 Å². The van der Waals surface area contributed by atoms with E-state index in [9.17, 15) is 18.0 Å². The van der Waals surface area contributed by atoms with E-state index in [-0.39, 0.29) is 22.9 Å². The lowest BCUT2D eigenvalue weighted by molar-refractivity contribution is -0.121. The molecule has 24 heavy (non-hydrogen) atoms. The summed E-state index contributed by atoms with van der Waals surface area (Å²) in [5.41, 5.74) is 1.27. The summed E-state index contributed by atoms with van der Waals surface area (Å²) >= 11 is 0. The molecule has 0 spiro atoms. The molecule has 1 heterocycles. The van der Waals surface area contributed by atoms with Gasteiger partial charge in [-0.15, -0.1) is 0 Å². The highest BCUT2D eigenvalue weighted by molar-refractivity contribution is 7.89. The summed E-state index contributed by atoms with van der Waals surface area (Å²) in [4.78, 5) is 23.8. The van der Waals surface area contributed by atoms with E-state index in [0.717, 1.165) is 5.56 Å². The third-order valence-electron chi connectivity index (χ3n) is 3.51. The van der Waals surface area contributed by atoms with Crippen molar-refractivity contribution in [1.29, 1.82) is 0 Å². The number of nitrogens with two attached hydrogens (primary N) is 1. The third kappa shape index (κ3) is 4.77. The van der Waals surface area contributed by atoms with Gasteiger partial charge in [0.25, 0.3) is 5.56 Å². The fraction of sp³-hybridized carbons (Fsp3) is 0.250. The first-order chi connectivity index (χ1) is 11.3. The topological polar surface area (TPSA) is 111 Å². The highest BCUT2D eigenvalue weighted by atomic mass is 32.2. The van der Waals surface area contributed by atoms with Gasteiger partial charge in [-0.3, -0.25) is 9.59 Å². The summed E-state index contributed by atoms with van der Waals surface area (Å²) in [6.45, 7) is 2.04. The fourth-order valence-corrected chi connectivity index (χ4v) is 2.70. The smallest absolute Gasteiger partial charge is 0.253 e. The Hall–Kier alpha value is -2.45. The zero-order valence-corrected chi connectivity index (χ0v) is 14.0. The standard InChI is InChI=1S/C16H19N3O4S/c1-12-3-2-10-19(16(12)21)11-15(20)18-9-8-13-4-6-14(7-5-13)24(17,22)23/h2-7,10H,8-9,11H2,1H3,(H,18,20)(H2,17,22,23). The molecule has 0 saturated heterocycles. The number of nitrogens with one attached hydrogen (secondary N) is 1. The van der Waals surface area contributed by atoms with Crippen molar-refractivity contribution in [2.24, 2.45) is 5.14 Å². The minimum Gasteiger partial charge on any atom is -0.354 e. The van der Waals surface area contributed by atoms with Crippen molar-refractivity contribution in [2.45, 2.75) is 24.8 Å². The Morgan fingerprint density at radius 2 is 1.88 bits per heavy atom. The Morgan fingerprint density at radius 1 is 1.21 bits per heavy atom. The van der Waals surface area contributed by atoms with Crippen LogP contribution in [0.5, 0.6) is 0 Å². The summed E-state index contributed by atoms with van der Waals surface area (Å²) in [7, 11) is -3.70. The number of hydrogen-bond donors (Lipinski definition) is 2. The van der Waals surface area contributed by atoms with Crippen LogP contribution in [0.25, 0.3) is 0 Å². The Balaban J connectivity index is 1.87. The molecule has 1 aromatic heterocycles. The minimum atomic E-state index is -3.70. The van der Waals surface area contributed by atoms with Gasteiger partial charge in [0.1, 0.15) is 6.54 Å². The molecule has 0 radical (unpaired) electrons. The molecular formula is C16H19N3O4S. The van der Waals surface area contributed by atoms with E-state index in [4.69, 9.17) is 5.14 Å². The van der Waals surface area contributed by atoms with Gasteiger partial charge in [0.2, 0.25) is 15.9 Å². The molecule has 0 aliphatic heterocycles. The molecule has 0 aliphatic rings. The zero-order valence-electron chi connectivity index (χ0n) is 13.2. The van der Waals surface area contributed by atoms with Crippen molar-refractivity contribution in [2.75, 3.05) is 6.54 Å². The summed E-state index contributed by atoms with van der Waals surface area (Å²) in [6, 6.07) is 9.57. The van der Waals surface area contributed by atoms with Gasteiger partial charge in [-0.05, 0) is 37.1 Å². The number of carbonyl (C=O) groups excluding carboxylic acids is 1. The number of primary sulfonamides is 1. The first-order valence-corrected chi connectivity index (χ1v) is 8.86. The molecule has 0 saturated carbocycles. The molecule has 1 aromatic carbocycles. The number of amides is 1. The van der Waals surface area contributed by atoms with Gasteiger partial charge >= 0.3 is 0 Å².